The first-order valence-corrected chi connectivity index (χ1v) is 9.07. The van der Waals surface area contributed by atoms with Crippen molar-refractivity contribution in [3.63, 3.8) is 0 Å². The van der Waals surface area contributed by atoms with Gasteiger partial charge in [0.25, 0.3) is 5.91 Å². The van der Waals surface area contributed by atoms with Crippen LogP contribution in [0.4, 0.5) is 0 Å². The van der Waals surface area contributed by atoms with Crippen LogP contribution in [0.25, 0.3) is 10.1 Å². The molecule has 0 bridgehead atoms. The van der Waals surface area contributed by atoms with Crippen molar-refractivity contribution in [2.45, 2.75) is 6.04 Å². The molecule has 1 fully saturated rings. The first-order chi connectivity index (χ1) is 11.7. The normalized spacial score (nSPS) is 18.9. The predicted octanol–water partition coefficient (Wildman–Crippen LogP) is 4.03. The summed E-state index contributed by atoms with van der Waals surface area (Å²) in [6, 6.07) is 20.7. The lowest BCUT2D eigenvalue weighted by Gasteiger charge is -2.40. The summed E-state index contributed by atoms with van der Waals surface area (Å²) in [6.45, 7) is 2.56. The first-order valence-electron chi connectivity index (χ1n) is 8.25. The molecule has 122 valence electrons. The van der Waals surface area contributed by atoms with Gasteiger partial charge in [-0.2, -0.15) is 0 Å². The minimum Gasteiger partial charge on any atom is -0.328 e. The molecule has 2 aromatic carbocycles. The largest absolute Gasteiger partial charge is 0.328 e. The lowest BCUT2D eigenvalue weighted by molar-refractivity contribution is 0.0503. The number of rotatable bonds is 2. The quantitative estimate of drug-likeness (QED) is 0.705. The molecule has 24 heavy (non-hydrogen) atoms. The summed E-state index contributed by atoms with van der Waals surface area (Å²) < 4.78 is 1.17. The van der Waals surface area contributed by atoms with Crippen molar-refractivity contribution in [2.75, 3.05) is 26.7 Å². The fraction of sp³-hybridized carbons (Fsp3) is 0.250. The van der Waals surface area contributed by atoms with Gasteiger partial charge in [-0.15, -0.1) is 11.3 Å². The Morgan fingerprint density at radius 2 is 1.79 bits per heavy atom. The number of fused-ring (bicyclic) bond motifs is 1. The highest BCUT2D eigenvalue weighted by Crippen LogP contribution is 2.31. The van der Waals surface area contributed by atoms with Gasteiger partial charge in [-0.25, -0.2) is 0 Å². The number of carbonyl (C=O) groups excluding carboxylic acids is 1. The summed E-state index contributed by atoms with van der Waals surface area (Å²) in [6.07, 6.45) is 0. The summed E-state index contributed by atoms with van der Waals surface area (Å²) >= 11 is 1.59. The molecular weight excluding hydrogens is 316 g/mol. The monoisotopic (exact) mass is 336 g/mol. The van der Waals surface area contributed by atoms with E-state index in [2.05, 4.69) is 36.2 Å². The van der Waals surface area contributed by atoms with Gasteiger partial charge in [-0.1, -0.05) is 48.5 Å². The van der Waals surface area contributed by atoms with Crippen molar-refractivity contribution in [3.05, 3.63) is 71.1 Å². The minimum absolute atomic E-state index is 0.114. The van der Waals surface area contributed by atoms with E-state index < -0.39 is 0 Å². The first kappa shape index (κ1) is 15.4. The zero-order valence-corrected chi connectivity index (χ0v) is 14.5. The molecule has 3 nitrogen and oxygen atoms in total. The van der Waals surface area contributed by atoms with E-state index in [-0.39, 0.29) is 11.9 Å². The van der Waals surface area contributed by atoms with Crippen LogP contribution in [0.15, 0.2) is 60.7 Å². The molecule has 1 aliphatic rings. The number of amides is 1. The average molecular weight is 336 g/mol. The summed E-state index contributed by atoms with van der Waals surface area (Å²) in [7, 11) is 2.12. The highest BCUT2D eigenvalue weighted by molar-refractivity contribution is 7.20. The van der Waals surface area contributed by atoms with Gasteiger partial charge >= 0.3 is 0 Å². The number of hydrogen-bond donors (Lipinski definition) is 0. The number of nitrogens with zero attached hydrogens (tertiary/aromatic N) is 2. The molecule has 1 aromatic heterocycles. The SMILES string of the molecule is CN1CCN(C(=O)c2cc3ccccc3s2)[C@@H](c2ccccc2)C1. The zero-order valence-electron chi connectivity index (χ0n) is 13.7. The van der Waals surface area contributed by atoms with E-state index in [9.17, 15) is 4.79 Å². The predicted molar refractivity (Wildman–Crippen MR) is 99.5 cm³/mol. The van der Waals surface area contributed by atoms with Gasteiger partial charge in [0.15, 0.2) is 0 Å². The second-order valence-electron chi connectivity index (χ2n) is 6.34. The standard InChI is InChI=1S/C20H20N2OS/c1-21-11-12-22(17(14-21)15-7-3-2-4-8-15)20(23)19-13-16-9-5-6-10-18(16)24-19/h2-10,13,17H,11-12,14H2,1H3/t17-/m1/s1. The Kier molecular flexibility index (Phi) is 4.08. The molecule has 2 heterocycles. The maximum Gasteiger partial charge on any atom is 0.264 e. The fourth-order valence-electron chi connectivity index (χ4n) is 3.35. The van der Waals surface area contributed by atoms with Crippen LogP contribution in [0.3, 0.4) is 0 Å². The molecule has 0 N–H and O–H groups in total. The molecule has 0 unspecified atom stereocenters. The van der Waals surface area contributed by atoms with Crippen molar-refractivity contribution < 1.29 is 4.79 Å². The van der Waals surface area contributed by atoms with Crippen molar-refractivity contribution in [2.24, 2.45) is 0 Å². The van der Waals surface area contributed by atoms with Crippen LogP contribution in [0.1, 0.15) is 21.3 Å². The summed E-state index contributed by atoms with van der Waals surface area (Å²) in [5.41, 5.74) is 1.21. The topological polar surface area (TPSA) is 23.6 Å². The number of piperazine rings is 1. The van der Waals surface area contributed by atoms with Gasteiger partial charge in [0.1, 0.15) is 0 Å². The molecule has 4 rings (SSSR count). The molecule has 1 amide bonds. The van der Waals surface area contributed by atoms with Crippen LogP contribution >= 0.6 is 11.3 Å². The Balaban J connectivity index is 1.68. The van der Waals surface area contributed by atoms with E-state index >= 15 is 0 Å². The number of likely N-dealkylation sites (N-methyl/N-ethyl adjacent to an activating group) is 1. The average Bonchev–Trinajstić information content (AvgIpc) is 3.06. The van der Waals surface area contributed by atoms with Crippen molar-refractivity contribution >= 4 is 27.3 Å². The van der Waals surface area contributed by atoms with E-state index in [1.165, 1.54) is 10.3 Å². The third kappa shape index (κ3) is 2.83. The molecule has 4 heteroatoms. The van der Waals surface area contributed by atoms with Crippen LogP contribution in [0.2, 0.25) is 0 Å². The van der Waals surface area contributed by atoms with Gasteiger partial charge in [0, 0.05) is 24.3 Å². The number of hydrogen-bond acceptors (Lipinski definition) is 3. The number of thiophene rings is 1. The van der Waals surface area contributed by atoms with Crippen LogP contribution in [0, 0.1) is 0 Å². The van der Waals surface area contributed by atoms with Gasteiger partial charge in [0.2, 0.25) is 0 Å². The third-order valence-corrected chi connectivity index (χ3v) is 5.77. The fourth-order valence-corrected chi connectivity index (χ4v) is 4.37. The Bertz CT molecular complexity index is 825. The zero-order chi connectivity index (χ0) is 16.5. The lowest BCUT2D eigenvalue weighted by Crippen LogP contribution is -2.49. The van der Waals surface area contributed by atoms with E-state index in [0.29, 0.717) is 0 Å². The minimum atomic E-state index is 0.114. The molecule has 0 radical (unpaired) electrons. The molecule has 1 atom stereocenters. The van der Waals surface area contributed by atoms with Crippen LogP contribution in [-0.2, 0) is 0 Å². The summed E-state index contributed by atoms with van der Waals surface area (Å²) in [5.74, 6) is 0.151. The van der Waals surface area contributed by atoms with E-state index in [0.717, 1.165) is 29.9 Å². The maximum absolute atomic E-state index is 13.2. The van der Waals surface area contributed by atoms with Crippen LogP contribution < -0.4 is 0 Å². The molecule has 0 aliphatic carbocycles. The Labute approximate surface area is 146 Å². The summed E-state index contributed by atoms with van der Waals surface area (Å²) in [4.78, 5) is 18.4. The van der Waals surface area contributed by atoms with Crippen LogP contribution in [-0.4, -0.2) is 42.4 Å². The molecular formula is C20H20N2OS. The third-order valence-electron chi connectivity index (χ3n) is 4.66. The second-order valence-corrected chi connectivity index (χ2v) is 7.42. The van der Waals surface area contributed by atoms with Gasteiger partial charge in [0.05, 0.1) is 10.9 Å². The molecule has 3 aromatic rings. The molecule has 1 aliphatic heterocycles. The van der Waals surface area contributed by atoms with E-state index in [1.807, 2.05) is 41.3 Å². The Morgan fingerprint density at radius 3 is 2.58 bits per heavy atom. The smallest absolute Gasteiger partial charge is 0.264 e. The Hall–Kier alpha value is -2.17. The van der Waals surface area contributed by atoms with Gasteiger partial charge < -0.3 is 9.80 Å². The molecule has 1 saturated heterocycles. The highest BCUT2D eigenvalue weighted by atomic mass is 32.1. The van der Waals surface area contributed by atoms with Crippen molar-refractivity contribution in [1.82, 2.24) is 9.80 Å². The van der Waals surface area contributed by atoms with Crippen LogP contribution in [0.5, 0.6) is 0 Å². The van der Waals surface area contributed by atoms with E-state index in [1.54, 1.807) is 11.3 Å². The summed E-state index contributed by atoms with van der Waals surface area (Å²) in [5, 5.41) is 1.15. The number of carbonyl (C=O) groups is 1. The van der Waals surface area contributed by atoms with E-state index in [4.69, 9.17) is 0 Å². The second kappa shape index (κ2) is 6.38. The highest BCUT2D eigenvalue weighted by Gasteiger charge is 2.31. The van der Waals surface area contributed by atoms with Crippen molar-refractivity contribution in [3.8, 4) is 0 Å². The molecule has 0 saturated carbocycles. The van der Waals surface area contributed by atoms with Gasteiger partial charge in [-0.05, 0) is 30.1 Å². The van der Waals surface area contributed by atoms with Gasteiger partial charge in [-0.3, -0.25) is 4.79 Å². The van der Waals surface area contributed by atoms with Crippen molar-refractivity contribution in [1.29, 1.82) is 0 Å². The molecule has 0 spiro atoms. The maximum atomic E-state index is 13.2. The lowest BCUT2D eigenvalue weighted by atomic mass is 10.0. The number of benzene rings is 2. The Morgan fingerprint density at radius 1 is 1.04 bits per heavy atom.